The van der Waals surface area contributed by atoms with Gasteiger partial charge in [-0.1, -0.05) is 30.3 Å². The Balaban J connectivity index is 1.65. The maximum absolute atomic E-state index is 11.1. The van der Waals surface area contributed by atoms with Crippen LogP contribution in [-0.2, 0) is 4.79 Å². The first-order valence-corrected chi connectivity index (χ1v) is 7.96. The van der Waals surface area contributed by atoms with Crippen LogP contribution in [0.15, 0.2) is 36.4 Å². The molecule has 22 heavy (non-hydrogen) atoms. The number of fused-ring (bicyclic) bond motifs is 3. The molecule has 114 valence electrons. The molecule has 2 heterocycles. The molecule has 2 aromatic rings. The Morgan fingerprint density at radius 2 is 1.91 bits per heavy atom. The van der Waals surface area contributed by atoms with Crippen LogP contribution in [0, 0.1) is 5.92 Å². The molecule has 2 aromatic carbocycles. The molecule has 0 saturated carbocycles. The number of rotatable bonds is 2. The molecule has 2 N–H and O–H groups in total. The molecule has 0 aromatic heterocycles. The Bertz CT molecular complexity index is 720. The van der Waals surface area contributed by atoms with Crippen LogP contribution in [0.1, 0.15) is 24.4 Å². The zero-order chi connectivity index (χ0) is 15.1. The average molecular weight is 296 g/mol. The van der Waals surface area contributed by atoms with E-state index in [1.165, 1.54) is 22.0 Å². The van der Waals surface area contributed by atoms with Crippen molar-refractivity contribution < 1.29 is 9.90 Å². The van der Waals surface area contributed by atoms with Gasteiger partial charge in [-0.3, -0.25) is 9.69 Å². The number of carbonyl (C=O) groups is 1. The predicted octanol–water partition coefficient (Wildman–Crippen LogP) is 3.10. The Hall–Kier alpha value is -2.07. The maximum atomic E-state index is 11.1. The van der Waals surface area contributed by atoms with E-state index in [9.17, 15) is 4.79 Å². The van der Waals surface area contributed by atoms with Crippen LogP contribution < -0.4 is 5.32 Å². The van der Waals surface area contributed by atoms with E-state index in [2.05, 4.69) is 46.6 Å². The SMILES string of the molecule is O=C(O)C1CCN(C2CNc3ccc4ccccc4c32)CC1. The number of carboxylic acids is 1. The summed E-state index contributed by atoms with van der Waals surface area (Å²) in [7, 11) is 0. The number of nitrogens with zero attached hydrogens (tertiary/aromatic N) is 1. The van der Waals surface area contributed by atoms with Crippen LogP contribution in [0.2, 0.25) is 0 Å². The van der Waals surface area contributed by atoms with Gasteiger partial charge in [0.05, 0.1) is 12.0 Å². The van der Waals surface area contributed by atoms with Crippen molar-refractivity contribution in [1.29, 1.82) is 0 Å². The summed E-state index contributed by atoms with van der Waals surface area (Å²) in [6.45, 7) is 2.65. The minimum Gasteiger partial charge on any atom is -0.481 e. The molecule has 4 heteroatoms. The summed E-state index contributed by atoms with van der Waals surface area (Å²) in [6.07, 6.45) is 1.51. The first kappa shape index (κ1) is 13.6. The van der Waals surface area contributed by atoms with Crippen LogP contribution in [0.25, 0.3) is 10.8 Å². The van der Waals surface area contributed by atoms with Crippen LogP contribution in [0.3, 0.4) is 0 Å². The highest BCUT2D eigenvalue weighted by atomic mass is 16.4. The molecule has 0 radical (unpaired) electrons. The van der Waals surface area contributed by atoms with Crippen molar-refractivity contribution in [2.45, 2.75) is 18.9 Å². The summed E-state index contributed by atoms with van der Waals surface area (Å²) in [5.74, 6) is -0.812. The second kappa shape index (κ2) is 5.29. The summed E-state index contributed by atoms with van der Waals surface area (Å²) in [5, 5.41) is 15.3. The monoisotopic (exact) mass is 296 g/mol. The first-order chi connectivity index (χ1) is 10.7. The number of carboxylic acid groups (broad SMARTS) is 1. The largest absolute Gasteiger partial charge is 0.481 e. The Morgan fingerprint density at radius 3 is 2.68 bits per heavy atom. The summed E-state index contributed by atoms with van der Waals surface area (Å²) in [4.78, 5) is 13.6. The highest BCUT2D eigenvalue weighted by Gasteiger charge is 2.33. The number of anilines is 1. The van der Waals surface area contributed by atoms with Crippen LogP contribution in [0.4, 0.5) is 5.69 Å². The fourth-order valence-corrected chi connectivity index (χ4v) is 3.89. The van der Waals surface area contributed by atoms with Gasteiger partial charge in [0.1, 0.15) is 0 Å². The van der Waals surface area contributed by atoms with Crippen molar-refractivity contribution in [2.24, 2.45) is 5.92 Å². The van der Waals surface area contributed by atoms with Gasteiger partial charge in [-0.15, -0.1) is 0 Å². The second-order valence-electron chi connectivity index (χ2n) is 6.29. The molecule has 4 rings (SSSR count). The molecule has 2 aliphatic heterocycles. The van der Waals surface area contributed by atoms with E-state index in [4.69, 9.17) is 5.11 Å². The highest BCUT2D eigenvalue weighted by Crippen LogP contribution is 2.40. The molecule has 0 aliphatic carbocycles. The number of piperidine rings is 1. The summed E-state index contributed by atoms with van der Waals surface area (Å²) in [6, 6.07) is 13.2. The van der Waals surface area contributed by atoms with E-state index in [0.29, 0.717) is 6.04 Å². The lowest BCUT2D eigenvalue weighted by atomic mass is 9.93. The van der Waals surface area contributed by atoms with E-state index in [1.54, 1.807) is 0 Å². The summed E-state index contributed by atoms with van der Waals surface area (Å²) in [5.41, 5.74) is 2.61. The van der Waals surface area contributed by atoms with E-state index >= 15 is 0 Å². The van der Waals surface area contributed by atoms with Crippen molar-refractivity contribution in [2.75, 3.05) is 25.0 Å². The molecule has 2 aliphatic rings. The van der Waals surface area contributed by atoms with Gasteiger partial charge in [-0.2, -0.15) is 0 Å². The standard InChI is InChI=1S/C18H20N2O2/c21-18(22)13-7-9-20(10-8-13)16-11-19-15-6-5-12-3-1-2-4-14(12)17(15)16/h1-6,13,16,19H,7-11H2,(H,21,22). The molecule has 1 atom stereocenters. The van der Waals surface area contributed by atoms with Crippen molar-refractivity contribution in [3.63, 3.8) is 0 Å². The molecular weight excluding hydrogens is 276 g/mol. The van der Waals surface area contributed by atoms with Gasteiger partial charge in [0.2, 0.25) is 0 Å². The van der Waals surface area contributed by atoms with Crippen molar-refractivity contribution >= 4 is 22.4 Å². The fraction of sp³-hybridized carbons (Fsp3) is 0.389. The lowest BCUT2D eigenvalue weighted by Crippen LogP contribution is -2.39. The Kier molecular flexibility index (Phi) is 3.26. The van der Waals surface area contributed by atoms with Crippen molar-refractivity contribution in [1.82, 2.24) is 4.90 Å². The maximum Gasteiger partial charge on any atom is 0.306 e. The first-order valence-electron chi connectivity index (χ1n) is 7.96. The normalized spacial score (nSPS) is 22.5. The van der Waals surface area contributed by atoms with Gasteiger partial charge in [0.25, 0.3) is 0 Å². The van der Waals surface area contributed by atoms with E-state index in [0.717, 1.165) is 32.5 Å². The molecular formula is C18H20N2O2. The van der Waals surface area contributed by atoms with Gasteiger partial charge >= 0.3 is 5.97 Å². The molecule has 1 fully saturated rings. The number of nitrogens with one attached hydrogen (secondary N) is 1. The van der Waals surface area contributed by atoms with Crippen LogP contribution >= 0.6 is 0 Å². The van der Waals surface area contributed by atoms with E-state index in [-0.39, 0.29) is 5.92 Å². The number of benzene rings is 2. The predicted molar refractivity (Wildman–Crippen MR) is 87.1 cm³/mol. The smallest absolute Gasteiger partial charge is 0.306 e. The summed E-state index contributed by atoms with van der Waals surface area (Å²) < 4.78 is 0. The number of hydrogen-bond donors (Lipinski definition) is 2. The fourth-order valence-electron chi connectivity index (χ4n) is 3.89. The van der Waals surface area contributed by atoms with Gasteiger partial charge in [0, 0.05) is 17.8 Å². The molecule has 1 saturated heterocycles. The van der Waals surface area contributed by atoms with E-state index < -0.39 is 5.97 Å². The number of aliphatic carboxylic acids is 1. The average Bonchev–Trinajstić information content (AvgIpc) is 2.99. The third kappa shape index (κ3) is 2.15. The molecule has 4 nitrogen and oxygen atoms in total. The van der Waals surface area contributed by atoms with Gasteiger partial charge < -0.3 is 10.4 Å². The molecule has 0 amide bonds. The lowest BCUT2D eigenvalue weighted by Gasteiger charge is -2.34. The van der Waals surface area contributed by atoms with Gasteiger partial charge in [-0.05, 0) is 42.8 Å². The minimum absolute atomic E-state index is 0.169. The molecule has 0 spiro atoms. The quantitative estimate of drug-likeness (QED) is 0.894. The Morgan fingerprint density at radius 1 is 1.14 bits per heavy atom. The highest BCUT2D eigenvalue weighted by molar-refractivity contribution is 5.91. The zero-order valence-corrected chi connectivity index (χ0v) is 12.5. The lowest BCUT2D eigenvalue weighted by molar-refractivity contribution is -0.143. The van der Waals surface area contributed by atoms with Crippen molar-refractivity contribution in [3.8, 4) is 0 Å². The van der Waals surface area contributed by atoms with Gasteiger partial charge in [-0.25, -0.2) is 0 Å². The number of hydrogen-bond acceptors (Lipinski definition) is 3. The van der Waals surface area contributed by atoms with Crippen molar-refractivity contribution in [3.05, 3.63) is 42.0 Å². The molecule has 1 unspecified atom stereocenters. The third-order valence-corrected chi connectivity index (χ3v) is 5.11. The minimum atomic E-state index is -0.643. The van der Waals surface area contributed by atoms with Crippen LogP contribution in [-0.4, -0.2) is 35.6 Å². The zero-order valence-electron chi connectivity index (χ0n) is 12.5. The third-order valence-electron chi connectivity index (χ3n) is 5.11. The topological polar surface area (TPSA) is 52.6 Å². The van der Waals surface area contributed by atoms with Crippen LogP contribution in [0.5, 0.6) is 0 Å². The Labute approximate surface area is 129 Å². The number of likely N-dealkylation sites (tertiary alicyclic amines) is 1. The second-order valence-corrected chi connectivity index (χ2v) is 6.29. The van der Waals surface area contributed by atoms with E-state index in [1.807, 2.05) is 0 Å². The summed E-state index contributed by atoms with van der Waals surface area (Å²) >= 11 is 0. The van der Waals surface area contributed by atoms with Gasteiger partial charge in [0.15, 0.2) is 0 Å². The molecule has 0 bridgehead atoms.